The van der Waals surface area contributed by atoms with Gasteiger partial charge in [0.25, 0.3) is 5.91 Å². The first kappa shape index (κ1) is 16.2. The van der Waals surface area contributed by atoms with Crippen LogP contribution in [-0.4, -0.2) is 29.0 Å². The molecule has 0 spiro atoms. The average Bonchev–Trinajstić information content (AvgIpc) is 2.98. The quantitative estimate of drug-likeness (QED) is 0.738. The number of hydrogen-bond donors (Lipinski definition) is 3. The van der Waals surface area contributed by atoms with Crippen molar-refractivity contribution in [2.45, 2.75) is 13.0 Å². The molecule has 1 amide bonds. The van der Waals surface area contributed by atoms with E-state index in [0.717, 1.165) is 11.1 Å². The Morgan fingerprint density at radius 1 is 1.35 bits per heavy atom. The maximum Gasteiger partial charge on any atom is 0.352 e. The number of carboxylic acid groups (broad SMARTS) is 1. The smallest absolute Gasteiger partial charge is 0.352 e. The zero-order valence-corrected chi connectivity index (χ0v) is 12.7. The number of rotatable bonds is 5. The van der Waals surface area contributed by atoms with Gasteiger partial charge in [0.05, 0.1) is 0 Å². The van der Waals surface area contributed by atoms with Crippen LogP contribution in [0, 0.1) is 12.3 Å². The van der Waals surface area contributed by atoms with E-state index in [9.17, 15) is 9.59 Å². The third kappa shape index (κ3) is 3.52. The number of carboxylic acids is 1. The lowest BCUT2D eigenvalue weighted by Crippen LogP contribution is -2.19. The Labute approximate surface area is 133 Å². The van der Waals surface area contributed by atoms with Gasteiger partial charge >= 0.3 is 5.97 Å². The highest BCUT2D eigenvalue weighted by Gasteiger charge is 2.21. The number of aromatic nitrogens is 1. The Kier molecular flexibility index (Phi) is 4.72. The van der Waals surface area contributed by atoms with Crippen LogP contribution in [0.2, 0.25) is 0 Å². The molecule has 0 bridgehead atoms. The van der Waals surface area contributed by atoms with E-state index in [2.05, 4.69) is 16.2 Å². The molecule has 0 saturated carbocycles. The molecule has 118 valence electrons. The Balaban J connectivity index is 2.28. The highest BCUT2D eigenvalue weighted by molar-refractivity contribution is 5.97. The van der Waals surface area contributed by atoms with Crippen molar-refractivity contribution in [2.75, 3.05) is 7.05 Å². The molecule has 6 heteroatoms. The Bertz CT molecular complexity index is 769. The summed E-state index contributed by atoms with van der Waals surface area (Å²) in [7, 11) is 1.45. The molecule has 23 heavy (non-hydrogen) atoms. The summed E-state index contributed by atoms with van der Waals surface area (Å²) >= 11 is 0. The number of aromatic amines is 1. The number of hydrogen-bond acceptors (Lipinski definition) is 3. The normalized spacial score (nSPS) is 11.3. The van der Waals surface area contributed by atoms with E-state index in [1.54, 1.807) is 19.1 Å². The molecule has 0 aliphatic rings. The summed E-state index contributed by atoms with van der Waals surface area (Å²) in [6, 6.07) is 8.51. The molecule has 2 rings (SSSR count). The fourth-order valence-corrected chi connectivity index (χ4v) is 2.05. The van der Waals surface area contributed by atoms with E-state index < -0.39 is 11.9 Å². The molecule has 1 heterocycles. The van der Waals surface area contributed by atoms with E-state index >= 15 is 0 Å². The van der Waals surface area contributed by atoms with Gasteiger partial charge in [0.1, 0.15) is 17.5 Å². The summed E-state index contributed by atoms with van der Waals surface area (Å²) in [6.07, 6.45) is 4.93. The Hall–Kier alpha value is -3.20. The van der Waals surface area contributed by atoms with Crippen LogP contribution in [0.3, 0.4) is 0 Å². The third-order valence-electron chi connectivity index (χ3n) is 3.32. The van der Waals surface area contributed by atoms with Gasteiger partial charge in [-0.25, -0.2) is 4.79 Å². The second-order valence-electron chi connectivity index (χ2n) is 4.83. The molecule has 0 fully saturated rings. The number of terminal acetylenes is 1. The molecule has 1 aromatic carbocycles. The van der Waals surface area contributed by atoms with Crippen molar-refractivity contribution in [1.29, 1.82) is 0 Å². The van der Waals surface area contributed by atoms with Crippen LogP contribution < -0.4 is 10.1 Å². The van der Waals surface area contributed by atoms with Crippen LogP contribution in [0.1, 0.15) is 45.1 Å². The Morgan fingerprint density at radius 3 is 2.52 bits per heavy atom. The maximum absolute atomic E-state index is 11.8. The standard InChI is InChI=1S/C17H16N2O4/c1-4-11-5-7-12(8-6-11)10(2)23-14-9-13(17(21)22)19-15(14)16(20)18-3/h1,5-10,19H,2-3H3,(H,18,20)(H,21,22). The number of carbonyl (C=O) groups excluding carboxylic acids is 1. The van der Waals surface area contributed by atoms with E-state index in [0.29, 0.717) is 0 Å². The Morgan fingerprint density at radius 2 is 2.00 bits per heavy atom. The fraction of sp³-hybridized carbons (Fsp3) is 0.176. The molecule has 2 aromatic rings. The monoisotopic (exact) mass is 312 g/mol. The summed E-state index contributed by atoms with van der Waals surface area (Å²) in [6.45, 7) is 1.80. The zero-order chi connectivity index (χ0) is 17.0. The van der Waals surface area contributed by atoms with Crippen molar-refractivity contribution < 1.29 is 19.4 Å². The molecule has 6 nitrogen and oxygen atoms in total. The van der Waals surface area contributed by atoms with E-state index in [-0.39, 0.29) is 23.2 Å². The molecule has 0 aliphatic carbocycles. The largest absolute Gasteiger partial charge is 0.484 e. The van der Waals surface area contributed by atoms with Gasteiger partial charge in [-0.05, 0) is 24.6 Å². The van der Waals surface area contributed by atoms with Crippen molar-refractivity contribution in [1.82, 2.24) is 10.3 Å². The van der Waals surface area contributed by atoms with E-state index in [1.807, 2.05) is 12.1 Å². The minimum Gasteiger partial charge on any atom is -0.484 e. The zero-order valence-electron chi connectivity index (χ0n) is 12.7. The SMILES string of the molecule is C#Cc1ccc(C(C)Oc2cc(C(=O)O)[nH]c2C(=O)NC)cc1. The van der Waals surface area contributed by atoms with Crippen LogP contribution in [0.15, 0.2) is 30.3 Å². The van der Waals surface area contributed by atoms with Gasteiger partial charge < -0.3 is 20.1 Å². The first-order valence-corrected chi connectivity index (χ1v) is 6.88. The van der Waals surface area contributed by atoms with Crippen LogP contribution in [0.5, 0.6) is 5.75 Å². The van der Waals surface area contributed by atoms with Crippen LogP contribution in [0.25, 0.3) is 0 Å². The summed E-state index contributed by atoms with van der Waals surface area (Å²) < 4.78 is 5.75. The minimum absolute atomic E-state index is 0.0667. The van der Waals surface area contributed by atoms with Gasteiger partial charge in [-0.3, -0.25) is 4.79 Å². The highest BCUT2D eigenvalue weighted by Crippen LogP contribution is 2.26. The van der Waals surface area contributed by atoms with Crippen LogP contribution >= 0.6 is 0 Å². The number of ether oxygens (including phenoxy) is 1. The summed E-state index contributed by atoms with van der Waals surface area (Å²) in [4.78, 5) is 25.4. The molecule has 1 unspecified atom stereocenters. The first-order chi connectivity index (χ1) is 11.0. The molecule has 1 atom stereocenters. The van der Waals surface area contributed by atoms with Gasteiger partial charge in [-0.2, -0.15) is 0 Å². The molecule has 0 saturated heterocycles. The molecule has 0 aliphatic heterocycles. The van der Waals surface area contributed by atoms with Crippen molar-refractivity contribution in [2.24, 2.45) is 0 Å². The molecule has 3 N–H and O–H groups in total. The number of amides is 1. The molecule has 0 radical (unpaired) electrons. The lowest BCUT2D eigenvalue weighted by molar-refractivity contribution is 0.0691. The molecular weight excluding hydrogens is 296 g/mol. The minimum atomic E-state index is -1.17. The second-order valence-corrected chi connectivity index (χ2v) is 4.83. The number of nitrogens with one attached hydrogen (secondary N) is 2. The van der Waals surface area contributed by atoms with Gasteiger partial charge in [-0.1, -0.05) is 18.1 Å². The molecular formula is C17H16N2O4. The van der Waals surface area contributed by atoms with Crippen LogP contribution in [-0.2, 0) is 0 Å². The third-order valence-corrected chi connectivity index (χ3v) is 3.32. The topological polar surface area (TPSA) is 91.4 Å². The lowest BCUT2D eigenvalue weighted by Gasteiger charge is -2.15. The van der Waals surface area contributed by atoms with Crippen LogP contribution in [0.4, 0.5) is 0 Å². The average molecular weight is 312 g/mol. The van der Waals surface area contributed by atoms with Gasteiger partial charge in [-0.15, -0.1) is 6.42 Å². The van der Waals surface area contributed by atoms with Crippen molar-refractivity contribution >= 4 is 11.9 Å². The number of aromatic carboxylic acids is 1. The highest BCUT2D eigenvalue weighted by atomic mass is 16.5. The second kappa shape index (κ2) is 6.71. The van der Waals surface area contributed by atoms with Gasteiger partial charge in [0.15, 0.2) is 5.75 Å². The lowest BCUT2D eigenvalue weighted by atomic mass is 10.1. The van der Waals surface area contributed by atoms with Crippen molar-refractivity contribution in [3.63, 3.8) is 0 Å². The number of carbonyl (C=O) groups is 2. The van der Waals surface area contributed by atoms with Crippen molar-refractivity contribution in [3.8, 4) is 18.1 Å². The predicted octanol–water partition coefficient (Wildman–Crippen LogP) is 2.19. The number of benzene rings is 1. The van der Waals surface area contributed by atoms with Gasteiger partial charge in [0, 0.05) is 18.7 Å². The first-order valence-electron chi connectivity index (χ1n) is 6.88. The predicted molar refractivity (Wildman–Crippen MR) is 84.6 cm³/mol. The number of H-pyrrole nitrogens is 1. The van der Waals surface area contributed by atoms with Crippen molar-refractivity contribution in [3.05, 3.63) is 52.8 Å². The summed E-state index contributed by atoms with van der Waals surface area (Å²) in [5.41, 5.74) is 1.55. The van der Waals surface area contributed by atoms with E-state index in [4.69, 9.17) is 16.3 Å². The van der Waals surface area contributed by atoms with E-state index in [1.165, 1.54) is 13.1 Å². The molecule has 1 aromatic heterocycles. The summed E-state index contributed by atoms with van der Waals surface area (Å²) in [5, 5.41) is 11.5. The summed E-state index contributed by atoms with van der Waals surface area (Å²) in [5.74, 6) is 1.08. The van der Waals surface area contributed by atoms with Gasteiger partial charge in [0.2, 0.25) is 0 Å². The fourth-order valence-electron chi connectivity index (χ4n) is 2.05. The maximum atomic E-state index is 11.8.